The van der Waals surface area contributed by atoms with Crippen LogP contribution in [0.2, 0.25) is 5.02 Å². The Balaban J connectivity index is 2.50. The van der Waals surface area contributed by atoms with Crippen LogP contribution in [0.4, 0.5) is 0 Å². The van der Waals surface area contributed by atoms with Crippen LogP contribution in [0.5, 0.6) is 5.75 Å². The molecule has 0 amide bonds. The highest BCUT2D eigenvalue weighted by Crippen LogP contribution is 2.25. The molecule has 1 rings (SSSR count). The summed E-state index contributed by atoms with van der Waals surface area (Å²) < 4.78 is 5.07. The molecule has 2 atom stereocenters. The van der Waals surface area contributed by atoms with Crippen molar-refractivity contribution in [2.24, 2.45) is 0 Å². The van der Waals surface area contributed by atoms with Crippen LogP contribution in [0.15, 0.2) is 18.2 Å². The summed E-state index contributed by atoms with van der Waals surface area (Å²) in [5.74, 6) is 0.645. The second kappa shape index (κ2) is 7.62. The number of aliphatic hydroxyl groups is 2. The lowest BCUT2D eigenvalue weighted by molar-refractivity contribution is 0.00981. The number of benzene rings is 1. The van der Waals surface area contributed by atoms with Crippen LogP contribution in [-0.2, 0) is 6.42 Å². The molecule has 0 aliphatic rings. The Kier molecular flexibility index (Phi) is 6.47. The van der Waals surface area contributed by atoms with Gasteiger partial charge in [0.2, 0.25) is 0 Å². The second-order valence-electron chi connectivity index (χ2n) is 4.43. The zero-order valence-corrected chi connectivity index (χ0v) is 11.7. The first-order chi connectivity index (χ1) is 8.58. The number of hydrogen-bond donors (Lipinski definition) is 2. The van der Waals surface area contributed by atoms with E-state index >= 15 is 0 Å². The van der Waals surface area contributed by atoms with E-state index in [4.69, 9.17) is 16.3 Å². The maximum Gasteiger partial charge on any atom is 0.137 e. The zero-order valence-electron chi connectivity index (χ0n) is 10.9. The summed E-state index contributed by atoms with van der Waals surface area (Å²) in [7, 11) is 1.58. The number of rotatable bonds is 7. The first-order valence-electron chi connectivity index (χ1n) is 6.27. The molecule has 1 aromatic carbocycles. The number of ether oxygens (including phenoxy) is 1. The Hall–Kier alpha value is -0.770. The van der Waals surface area contributed by atoms with Gasteiger partial charge in [-0.1, -0.05) is 31.0 Å². The van der Waals surface area contributed by atoms with E-state index in [-0.39, 0.29) is 0 Å². The lowest BCUT2D eigenvalue weighted by Crippen LogP contribution is -2.26. The highest BCUT2D eigenvalue weighted by molar-refractivity contribution is 6.32. The Bertz CT molecular complexity index is 368. The van der Waals surface area contributed by atoms with Crippen LogP contribution in [0, 0.1) is 0 Å². The van der Waals surface area contributed by atoms with Gasteiger partial charge < -0.3 is 14.9 Å². The van der Waals surface area contributed by atoms with Crippen LogP contribution in [0.25, 0.3) is 0 Å². The monoisotopic (exact) mass is 272 g/mol. The summed E-state index contributed by atoms with van der Waals surface area (Å²) in [6, 6.07) is 5.56. The van der Waals surface area contributed by atoms with Crippen molar-refractivity contribution in [3.05, 3.63) is 28.8 Å². The fraction of sp³-hybridized carbons (Fsp3) is 0.571. The van der Waals surface area contributed by atoms with E-state index in [1.54, 1.807) is 7.11 Å². The van der Waals surface area contributed by atoms with Gasteiger partial charge in [0.15, 0.2) is 0 Å². The lowest BCUT2D eigenvalue weighted by Gasteiger charge is -2.17. The van der Waals surface area contributed by atoms with E-state index in [0.29, 0.717) is 30.0 Å². The van der Waals surface area contributed by atoms with E-state index in [0.717, 1.165) is 12.0 Å². The van der Waals surface area contributed by atoms with Gasteiger partial charge in [0.05, 0.1) is 24.3 Å². The topological polar surface area (TPSA) is 49.7 Å². The molecule has 0 aromatic heterocycles. The standard InChI is InChI=1S/C14H21ClO3/c1-3-4-12(16)13(17)7-5-10-6-8-14(18-2)11(15)9-10/h6,8-9,12-13,16-17H,3-5,7H2,1-2H3. The van der Waals surface area contributed by atoms with Gasteiger partial charge in [-0.3, -0.25) is 0 Å². The van der Waals surface area contributed by atoms with E-state index in [1.165, 1.54) is 0 Å². The van der Waals surface area contributed by atoms with Crippen LogP contribution < -0.4 is 4.74 Å². The zero-order chi connectivity index (χ0) is 13.5. The molecule has 2 N–H and O–H groups in total. The molecular weight excluding hydrogens is 252 g/mol. The first-order valence-corrected chi connectivity index (χ1v) is 6.64. The third-order valence-electron chi connectivity index (χ3n) is 2.97. The van der Waals surface area contributed by atoms with E-state index in [1.807, 2.05) is 25.1 Å². The predicted molar refractivity (Wildman–Crippen MR) is 73.2 cm³/mol. The van der Waals surface area contributed by atoms with Gasteiger partial charge in [-0.05, 0) is 37.0 Å². The second-order valence-corrected chi connectivity index (χ2v) is 4.84. The van der Waals surface area contributed by atoms with Crippen molar-refractivity contribution in [2.75, 3.05) is 7.11 Å². The summed E-state index contributed by atoms with van der Waals surface area (Å²) in [6.45, 7) is 1.99. The number of methoxy groups -OCH3 is 1. The van der Waals surface area contributed by atoms with Gasteiger partial charge in [-0.15, -0.1) is 0 Å². The predicted octanol–water partition coefficient (Wildman–Crippen LogP) is 2.80. The SMILES string of the molecule is CCCC(O)C(O)CCc1ccc(OC)c(Cl)c1. The molecule has 1 aromatic rings. The smallest absolute Gasteiger partial charge is 0.137 e. The van der Waals surface area contributed by atoms with Crippen molar-refractivity contribution >= 4 is 11.6 Å². The summed E-state index contributed by atoms with van der Waals surface area (Å²) in [5.41, 5.74) is 1.03. The van der Waals surface area contributed by atoms with Crippen molar-refractivity contribution in [1.82, 2.24) is 0 Å². The van der Waals surface area contributed by atoms with Crippen LogP contribution in [-0.4, -0.2) is 29.5 Å². The average Bonchev–Trinajstić information content (AvgIpc) is 2.36. The average molecular weight is 273 g/mol. The van der Waals surface area contributed by atoms with Gasteiger partial charge in [0.1, 0.15) is 5.75 Å². The molecule has 0 bridgehead atoms. The molecule has 18 heavy (non-hydrogen) atoms. The molecule has 102 valence electrons. The van der Waals surface area contributed by atoms with Crippen molar-refractivity contribution < 1.29 is 14.9 Å². The van der Waals surface area contributed by atoms with Gasteiger partial charge in [0.25, 0.3) is 0 Å². The normalized spacial score (nSPS) is 14.3. The largest absolute Gasteiger partial charge is 0.495 e. The molecular formula is C14H21ClO3. The van der Waals surface area contributed by atoms with Crippen molar-refractivity contribution in [3.63, 3.8) is 0 Å². The Labute approximate surface area is 113 Å². The molecule has 0 aliphatic heterocycles. The maximum atomic E-state index is 9.77. The number of halogens is 1. The van der Waals surface area contributed by atoms with Crippen molar-refractivity contribution in [1.29, 1.82) is 0 Å². The van der Waals surface area contributed by atoms with Crippen LogP contribution in [0.3, 0.4) is 0 Å². The molecule has 0 saturated heterocycles. The number of hydrogen-bond acceptors (Lipinski definition) is 3. The number of aryl methyl sites for hydroxylation is 1. The van der Waals surface area contributed by atoms with E-state index in [2.05, 4.69) is 0 Å². The quantitative estimate of drug-likeness (QED) is 0.802. The van der Waals surface area contributed by atoms with Crippen molar-refractivity contribution in [2.45, 2.75) is 44.8 Å². The molecule has 0 radical (unpaired) electrons. The van der Waals surface area contributed by atoms with Crippen LogP contribution >= 0.6 is 11.6 Å². The van der Waals surface area contributed by atoms with Gasteiger partial charge in [-0.25, -0.2) is 0 Å². The van der Waals surface area contributed by atoms with E-state index in [9.17, 15) is 10.2 Å². The van der Waals surface area contributed by atoms with Gasteiger partial charge >= 0.3 is 0 Å². The van der Waals surface area contributed by atoms with Crippen LogP contribution in [0.1, 0.15) is 31.7 Å². The van der Waals surface area contributed by atoms with E-state index < -0.39 is 12.2 Å². The summed E-state index contributed by atoms with van der Waals surface area (Å²) in [5, 5.41) is 20.0. The molecule has 0 heterocycles. The molecule has 0 spiro atoms. The fourth-order valence-electron chi connectivity index (χ4n) is 1.86. The highest BCUT2D eigenvalue weighted by atomic mass is 35.5. The molecule has 0 fully saturated rings. The highest BCUT2D eigenvalue weighted by Gasteiger charge is 2.15. The minimum Gasteiger partial charge on any atom is -0.495 e. The third-order valence-corrected chi connectivity index (χ3v) is 3.27. The minimum atomic E-state index is -0.675. The molecule has 4 heteroatoms. The molecule has 0 aliphatic carbocycles. The Morgan fingerprint density at radius 3 is 2.44 bits per heavy atom. The fourth-order valence-corrected chi connectivity index (χ4v) is 2.14. The summed E-state index contributed by atoms with van der Waals surface area (Å²) in [4.78, 5) is 0. The summed E-state index contributed by atoms with van der Waals surface area (Å²) >= 11 is 6.02. The molecule has 0 saturated carbocycles. The number of aliphatic hydroxyl groups excluding tert-OH is 2. The van der Waals surface area contributed by atoms with Gasteiger partial charge in [-0.2, -0.15) is 0 Å². The minimum absolute atomic E-state index is 0.532. The first kappa shape index (κ1) is 15.3. The Morgan fingerprint density at radius 1 is 1.22 bits per heavy atom. The maximum absolute atomic E-state index is 9.77. The third kappa shape index (κ3) is 4.48. The Morgan fingerprint density at radius 2 is 1.89 bits per heavy atom. The van der Waals surface area contributed by atoms with Gasteiger partial charge in [0, 0.05) is 0 Å². The lowest BCUT2D eigenvalue weighted by atomic mass is 10.0. The summed E-state index contributed by atoms with van der Waals surface area (Å²) in [6.07, 6.45) is 1.40. The molecule has 2 unspecified atom stereocenters. The van der Waals surface area contributed by atoms with Crippen molar-refractivity contribution in [3.8, 4) is 5.75 Å². The molecule has 3 nitrogen and oxygen atoms in total.